The van der Waals surface area contributed by atoms with Crippen molar-refractivity contribution in [3.63, 3.8) is 0 Å². The monoisotopic (exact) mass is 572 g/mol. The molecule has 3 aromatic heterocycles. The van der Waals surface area contributed by atoms with E-state index >= 15 is 0 Å². The molecule has 0 saturated carbocycles. The van der Waals surface area contributed by atoms with E-state index in [0.717, 1.165) is 35.0 Å². The molecule has 6 rings (SSSR count). The van der Waals surface area contributed by atoms with Crippen LogP contribution in [0.5, 0.6) is 0 Å². The highest BCUT2D eigenvalue weighted by Gasteiger charge is 2.14. The van der Waals surface area contributed by atoms with Crippen LogP contribution in [-0.4, -0.2) is 32.6 Å². The third-order valence-corrected chi connectivity index (χ3v) is 7.72. The third-order valence-electron chi connectivity index (χ3n) is 6.67. The quantitative estimate of drug-likeness (QED) is 0.162. The second-order valence-electron chi connectivity index (χ2n) is 9.24. The lowest BCUT2D eigenvalue weighted by molar-refractivity contribution is -0.688. The summed E-state index contributed by atoms with van der Waals surface area (Å²) in [6.45, 7) is 3.95. The highest BCUT2D eigenvalue weighted by Crippen LogP contribution is 2.26. The second kappa shape index (κ2) is 11.9. The molecule has 188 valence electrons. The number of thioether (sulfide) groups is 1. The Balaban J connectivity index is 0.00000280. The molecule has 1 saturated heterocycles. The molecule has 0 atom stereocenters. The number of pyridine rings is 1. The van der Waals surface area contributed by atoms with Crippen LogP contribution < -0.4 is 26.4 Å². The Hall–Kier alpha value is -3.23. The number of halogens is 1. The van der Waals surface area contributed by atoms with Crippen LogP contribution in [0.25, 0.3) is 11.2 Å². The number of hydrogen-bond acceptors (Lipinski definition) is 5. The van der Waals surface area contributed by atoms with Crippen molar-refractivity contribution in [2.75, 3.05) is 18.0 Å². The molecular formula is C29H29BrN6S. The number of aromatic nitrogens is 5. The fourth-order valence-electron chi connectivity index (χ4n) is 4.71. The van der Waals surface area contributed by atoms with E-state index in [9.17, 15) is 0 Å². The van der Waals surface area contributed by atoms with Crippen molar-refractivity contribution >= 4 is 28.6 Å². The molecule has 8 heteroatoms. The summed E-state index contributed by atoms with van der Waals surface area (Å²) in [7, 11) is 0. The van der Waals surface area contributed by atoms with Crippen LogP contribution in [-0.2, 0) is 18.8 Å². The predicted octanol–water partition coefficient (Wildman–Crippen LogP) is 2.11. The maximum Gasteiger partial charge on any atom is 0.173 e. The second-order valence-corrected chi connectivity index (χ2v) is 10.2. The summed E-state index contributed by atoms with van der Waals surface area (Å²) in [5.41, 5.74) is 6.85. The smallest absolute Gasteiger partial charge is 0.173 e. The van der Waals surface area contributed by atoms with Crippen LogP contribution in [0, 0.1) is 0 Å². The zero-order valence-electron chi connectivity index (χ0n) is 20.6. The van der Waals surface area contributed by atoms with Gasteiger partial charge in [0.25, 0.3) is 0 Å². The first kappa shape index (κ1) is 25.4. The normalized spacial score (nSPS) is 13.1. The van der Waals surface area contributed by atoms with Gasteiger partial charge in [-0.1, -0.05) is 66.4 Å². The molecule has 2 aromatic carbocycles. The van der Waals surface area contributed by atoms with Gasteiger partial charge in [-0.2, -0.15) is 0 Å². The van der Waals surface area contributed by atoms with E-state index in [0.29, 0.717) is 0 Å². The van der Waals surface area contributed by atoms with Crippen LogP contribution in [0.15, 0.2) is 96.8 Å². The summed E-state index contributed by atoms with van der Waals surface area (Å²) < 4.78 is 4.34. The molecule has 0 unspecified atom stereocenters. The van der Waals surface area contributed by atoms with Gasteiger partial charge in [0, 0.05) is 42.2 Å². The lowest BCUT2D eigenvalue weighted by Gasteiger charge is -2.16. The molecule has 0 amide bonds. The Morgan fingerprint density at radius 3 is 2.27 bits per heavy atom. The van der Waals surface area contributed by atoms with E-state index in [2.05, 4.69) is 102 Å². The summed E-state index contributed by atoms with van der Waals surface area (Å²) in [4.78, 5) is 16.1. The number of benzene rings is 2. The van der Waals surface area contributed by atoms with Gasteiger partial charge in [0.15, 0.2) is 24.6 Å². The molecule has 0 N–H and O–H groups in total. The van der Waals surface area contributed by atoms with E-state index in [1.165, 1.54) is 48.3 Å². The van der Waals surface area contributed by atoms with Crippen LogP contribution in [0.4, 0.5) is 5.69 Å². The van der Waals surface area contributed by atoms with Crippen molar-refractivity contribution in [1.82, 2.24) is 19.5 Å². The Bertz CT molecular complexity index is 1430. The van der Waals surface area contributed by atoms with E-state index in [-0.39, 0.29) is 17.0 Å². The average molecular weight is 574 g/mol. The number of hydrogen-bond donors (Lipinski definition) is 0. The van der Waals surface area contributed by atoms with Crippen molar-refractivity contribution in [2.24, 2.45) is 0 Å². The Kier molecular flexibility index (Phi) is 8.16. The fourth-order valence-corrected chi connectivity index (χ4v) is 5.60. The van der Waals surface area contributed by atoms with E-state index < -0.39 is 0 Å². The Morgan fingerprint density at radius 1 is 0.784 bits per heavy atom. The van der Waals surface area contributed by atoms with Gasteiger partial charge < -0.3 is 26.4 Å². The van der Waals surface area contributed by atoms with E-state index in [1.54, 1.807) is 18.1 Å². The maximum atomic E-state index is 4.65. The average Bonchev–Trinajstić information content (AvgIpc) is 3.61. The van der Waals surface area contributed by atoms with Gasteiger partial charge in [-0.15, -0.1) is 0 Å². The number of imidazole rings is 1. The molecule has 0 radical (unpaired) electrons. The first-order valence-corrected chi connectivity index (χ1v) is 13.4. The van der Waals surface area contributed by atoms with Crippen molar-refractivity contribution < 1.29 is 21.5 Å². The summed E-state index contributed by atoms with van der Waals surface area (Å²) in [5, 5.41) is 0.922. The Morgan fingerprint density at radius 2 is 1.51 bits per heavy atom. The van der Waals surface area contributed by atoms with Gasteiger partial charge in [-0.25, -0.2) is 19.5 Å². The molecule has 1 aliphatic heterocycles. The van der Waals surface area contributed by atoms with Crippen LogP contribution in [0.1, 0.15) is 29.5 Å². The molecule has 0 spiro atoms. The van der Waals surface area contributed by atoms with Gasteiger partial charge in [-0.05, 0) is 24.0 Å². The van der Waals surface area contributed by atoms with Gasteiger partial charge in [0.1, 0.15) is 16.9 Å². The summed E-state index contributed by atoms with van der Waals surface area (Å²) in [6.07, 6.45) is 10.5. The lowest BCUT2D eigenvalue weighted by Crippen LogP contribution is -3.00. The number of rotatable bonds is 8. The topological polar surface area (TPSA) is 50.7 Å². The standard InChI is InChI=1S/C29H29N6S.BrH/c1-2-6-25(7-3-1)20-36-29-27-28(30-21-31-29)35(22-32-27)19-24-10-8-23(9-11-24)18-33-16-12-26(13-17-33)34-14-4-5-15-34;/h1-3,6-13,16-17,21-22H,4-5,14-15,18-20H2;1H/q+1;/p-1. The molecule has 5 aromatic rings. The summed E-state index contributed by atoms with van der Waals surface area (Å²) in [6, 6.07) is 23.7. The Labute approximate surface area is 232 Å². The largest absolute Gasteiger partial charge is 1.00 e. The zero-order valence-corrected chi connectivity index (χ0v) is 23.0. The minimum atomic E-state index is 0. The minimum absolute atomic E-state index is 0. The molecule has 0 aliphatic carbocycles. The highest BCUT2D eigenvalue weighted by molar-refractivity contribution is 7.98. The number of anilines is 1. The highest BCUT2D eigenvalue weighted by atomic mass is 79.9. The van der Waals surface area contributed by atoms with Gasteiger partial charge in [0.05, 0.1) is 12.9 Å². The van der Waals surface area contributed by atoms with Crippen molar-refractivity contribution in [2.45, 2.75) is 36.7 Å². The first-order chi connectivity index (χ1) is 17.8. The van der Waals surface area contributed by atoms with Crippen LogP contribution in [0.2, 0.25) is 0 Å². The predicted molar refractivity (Wildman–Crippen MR) is 144 cm³/mol. The molecule has 4 heterocycles. The zero-order chi connectivity index (χ0) is 24.2. The first-order valence-electron chi connectivity index (χ1n) is 12.5. The van der Waals surface area contributed by atoms with Crippen molar-refractivity contribution in [3.05, 3.63) is 108 Å². The van der Waals surface area contributed by atoms with Crippen LogP contribution in [0.3, 0.4) is 0 Å². The minimum Gasteiger partial charge on any atom is -1.00 e. The van der Waals surface area contributed by atoms with Crippen molar-refractivity contribution in [1.29, 1.82) is 0 Å². The summed E-state index contributed by atoms with van der Waals surface area (Å²) >= 11 is 1.70. The van der Waals surface area contributed by atoms with Gasteiger partial charge in [0.2, 0.25) is 0 Å². The SMILES string of the molecule is [Br-].c1ccc(CSc2ncnc3c2ncn3Cc2ccc(C[n+]3ccc(N4CCCC4)cc3)cc2)cc1. The van der Waals surface area contributed by atoms with E-state index in [4.69, 9.17) is 0 Å². The van der Waals surface area contributed by atoms with E-state index in [1.807, 2.05) is 12.4 Å². The van der Waals surface area contributed by atoms with Crippen molar-refractivity contribution in [3.8, 4) is 0 Å². The number of nitrogens with zero attached hydrogens (tertiary/aromatic N) is 6. The fraction of sp³-hybridized carbons (Fsp3) is 0.241. The lowest BCUT2D eigenvalue weighted by atomic mass is 10.1. The molecule has 37 heavy (non-hydrogen) atoms. The molecule has 0 bridgehead atoms. The number of fused-ring (bicyclic) bond motifs is 1. The molecule has 6 nitrogen and oxygen atoms in total. The third kappa shape index (κ3) is 6.02. The van der Waals surface area contributed by atoms with Gasteiger partial charge in [-0.3, -0.25) is 0 Å². The molecular weight excluding hydrogens is 544 g/mol. The van der Waals surface area contributed by atoms with Crippen LogP contribution >= 0.6 is 11.8 Å². The molecule has 1 fully saturated rings. The molecule has 1 aliphatic rings. The summed E-state index contributed by atoms with van der Waals surface area (Å²) in [5.74, 6) is 0.861. The maximum absolute atomic E-state index is 4.65. The van der Waals surface area contributed by atoms with Gasteiger partial charge >= 0.3 is 0 Å².